The quantitative estimate of drug-likeness (QED) is 0.739. The van der Waals surface area contributed by atoms with Gasteiger partial charge in [-0.05, 0) is 11.6 Å². The van der Waals surface area contributed by atoms with Gasteiger partial charge in [0.15, 0.2) is 0 Å². The van der Waals surface area contributed by atoms with Crippen molar-refractivity contribution in [1.82, 2.24) is 9.97 Å². The number of nitrogens with one attached hydrogen (secondary N) is 1. The molecule has 3 aromatic rings. The van der Waals surface area contributed by atoms with E-state index in [1.54, 1.807) is 0 Å². The lowest BCUT2D eigenvalue weighted by Crippen LogP contribution is -2.09. The molecule has 0 aliphatic rings. The minimum Gasteiger partial charge on any atom is -0.369 e. The molecule has 0 spiro atoms. The van der Waals surface area contributed by atoms with Gasteiger partial charge in [-0.1, -0.05) is 30.3 Å². The van der Waals surface area contributed by atoms with Gasteiger partial charge in [0, 0.05) is 11.3 Å². The number of benzene rings is 1. The van der Waals surface area contributed by atoms with Gasteiger partial charge in [-0.15, -0.1) is 11.3 Å². The molecule has 0 aliphatic carbocycles. The predicted octanol–water partition coefficient (Wildman–Crippen LogP) is 2.16. The van der Waals surface area contributed by atoms with E-state index in [1.807, 2.05) is 24.3 Å². The van der Waals surface area contributed by atoms with Crippen LogP contribution < -0.4 is 11.3 Å². The van der Waals surface area contributed by atoms with Crippen LogP contribution in [0.5, 0.6) is 0 Å². The molecule has 0 fully saturated rings. The molecule has 0 amide bonds. The molecule has 0 unspecified atom stereocenters. The Morgan fingerprint density at radius 2 is 2.06 bits per heavy atom. The highest BCUT2D eigenvalue weighted by Crippen LogP contribution is 2.23. The van der Waals surface area contributed by atoms with Crippen molar-refractivity contribution < 1.29 is 0 Å². The number of H-pyrrole nitrogens is 1. The molecule has 0 radical (unpaired) electrons. The number of anilines is 1. The highest BCUT2D eigenvalue weighted by molar-refractivity contribution is 7.18. The molecule has 1 aromatic carbocycles. The van der Waals surface area contributed by atoms with Crippen molar-refractivity contribution in [3.63, 3.8) is 0 Å². The summed E-state index contributed by atoms with van der Waals surface area (Å²) in [5.41, 5.74) is 6.57. The van der Waals surface area contributed by atoms with E-state index in [-0.39, 0.29) is 11.5 Å². The molecule has 0 aliphatic heterocycles. The van der Waals surface area contributed by atoms with Crippen LogP contribution in [0.3, 0.4) is 0 Å². The largest absolute Gasteiger partial charge is 0.369 e. The first-order chi connectivity index (χ1) is 8.72. The molecule has 0 bridgehead atoms. The Hall–Kier alpha value is -2.14. The van der Waals surface area contributed by atoms with Crippen LogP contribution in [0.15, 0.2) is 41.2 Å². The molecule has 4 nitrogen and oxygen atoms in total. The second-order valence-corrected chi connectivity index (χ2v) is 5.16. The molecule has 0 atom stereocenters. The Kier molecular flexibility index (Phi) is 2.60. The molecule has 0 saturated heterocycles. The lowest BCUT2D eigenvalue weighted by molar-refractivity contribution is 1.20. The lowest BCUT2D eigenvalue weighted by atomic mass is 10.1. The molecular weight excluding hydrogens is 246 g/mol. The monoisotopic (exact) mass is 257 g/mol. The summed E-state index contributed by atoms with van der Waals surface area (Å²) < 4.78 is 0. The van der Waals surface area contributed by atoms with Crippen LogP contribution in [0, 0.1) is 0 Å². The van der Waals surface area contributed by atoms with E-state index in [2.05, 4.69) is 22.1 Å². The molecule has 3 rings (SSSR count). The number of hydrogen-bond donors (Lipinski definition) is 2. The van der Waals surface area contributed by atoms with Crippen molar-refractivity contribution in [3.8, 4) is 0 Å². The maximum atomic E-state index is 11.7. The van der Waals surface area contributed by atoms with Crippen molar-refractivity contribution in [3.05, 3.63) is 57.2 Å². The zero-order chi connectivity index (χ0) is 12.5. The average Bonchev–Trinajstić information content (AvgIpc) is 2.73. The van der Waals surface area contributed by atoms with Crippen LogP contribution in [0.2, 0.25) is 0 Å². The van der Waals surface area contributed by atoms with Gasteiger partial charge < -0.3 is 5.73 Å². The van der Waals surface area contributed by atoms with Gasteiger partial charge in [0.05, 0.1) is 5.39 Å². The molecule has 2 aromatic heterocycles. The van der Waals surface area contributed by atoms with Gasteiger partial charge in [-0.3, -0.25) is 9.78 Å². The summed E-state index contributed by atoms with van der Waals surface area (Å²) in [6.07, 6.45) is 0.807. The van der Waals surface area contributed by atoms with Crippen molar-refractivity contribution in [2.24, 2.45) is 0 Å². The number of aromatic nitrogens is 2. The fourth-order valence-corrected chi connectivity index (χ4v) is 2.95. The third kappa shape index (κ3) is 2.00. The summed E-state index contributed by atoms with van der Waals surface area (Å²) in [4.78, 5) is 20.2. The van der Waals surface area contributed by atoms with Crippen LogP contribution in [0.4, 0.5) is 5.95 Å². The first-order valence-corrected chi connectivity index (χ1v) is 6.36. The number of fused-ring (bicyclic) bond motifs is 1. The van der Waals surface area contributed by atoms with Gasteiger partial charge in [-0.25, -0.2) is 4.98 Å². The SMILES string of the molecule is Nc1nc2sc(Cc3ccccc3)cc2c(=O)[nH]1. The molecule has 5 heteroatoms. The normalized spacial score (nSPS) is 10.9. The summed E-state index contributed by atoms with van der Waals surface area (Å²) >= 11 is 1.51. The second-order valence-electron chi connectivity index (χ2n) is 4.05. The lowest BCUT2D eigenvalue weighted by Gasteiger charge is -1.96. The maximum Gasteiger partial charge on any atom is 0.261 e. The van der Waals surface area contributed by atoms with E-state index in [0.29, 0.717) is 10.2 Å². The van der Waals surface area contributed by atoms with Crippen LogP contribution >= 0.6 is 11.3 Å². The Morgan fingerprint density at radius 1 is 1.28 bits per heavy atom. The standard InChI is InChI=1S/C13H11N3OS/c14-13-15-11(17)10-7-9(18-12(10)16-13)6-8-4-2-1-3-5-8/h1-5,7H,6H2,(H3,14,15,16,17). The average molecular weight is 257 g/mol. The number of nitrogens with two attached hydrogens (primary N) is 1. The summed E-state index contributed by atoms with van der Waals surface area (Å²) in [5, 5.41) is 0.611. The van der Waals surface area contributed by atoms with Crippen molar-refractivity contribution in [2.45, 2.75) is 6.42 Å². The van der Waals surface area contributed by atoms with Gasteiger partial charge in [0.2, 0.25) is 5.95 Å². The smallest absolute Gasteiger partial charge is 0.261 e. The van der Waals surface area contributed by atoms with Gasteiger partial charge in [0.1, 0.15) is 4.83 Å². The fraction of sp³-hybridized carbons (Fsp3) is 0.0769. The Balaban J connectivity index is 2.04. The van der Waals surface area contributed by atoms with Gasteiger partial charge >= 0.3 is 0 Å². The van der Waals surface area contributed by atoms with Crippen LogP contribution in [0.25, 0.3) is 10.2 Å². The zero-order valence-corrected chi connectivity index (χ0v) is 10.3. The zero-order valence-electron chi connectivity index (χ0n) is 9.51. The van der Waals surface area contributed by atoms with Crippen molar-refractivity contribution in [2.75, 3.05) is 5.73 Å². The highest BCUT2D eigenvalue weighted by Gasteiger charge is 2.08. The van der Waals surface area contributed by atoms with E-state index >= 15 is 0 Å². The highest BCUT2D eigenvalue weighted by atomic mass is 32.1. The number of nitrogens with zero attached hydrogens (tertiary/aromatic N) is 1. The summed E-state index contributed by atoms with van der Waals surface area (Å²) in [6, 6.07) is 12.0. The number of thiophene rings is 1. The Bertz CT molecular complexity index is 746. The van der Waals surface area contributed by atoms with E-state index in [0.717, 1.165) is 11.3 Å². The summed E-state index contributed by atoms with van der Waals surface area (Å²) in [6.45, 7) is 0. The van der Waals surface area contributed by atoms with E-state index in [9.17, 15) is 4.79 Å². The summed E-state index contributed by atoms with van der Waals surface area (Å²) in [7, 11) is 0. The number of hydrogen-bond acceptors (Lipinski definition) is 4. The maximum absolute atomic E-state index is 11.7. The van der Waals surface area contributed by atoms with E-state index in [1.165, 1.54) is 16.9 Å². The van der Waals surface area contributed by atoms with Crippen LogP contribution in [0.1, 0.15) is 10.4 Å². The van der Waals surface area contributed by atoms with E-state index in [4.69, 9.17) is 5.73 Å². The molecule has 90 valence electrons. The Labute approximate surface area is 107 Å². The minimum atomic E-state index is -0.173. The number of aromatic amines is 1. The molecule has 0 saturated carbocycles. The van der Waals surface area contributed by atoms with Gasteiger partial charge in [0.25, 0.3) is 5.56 Å². The summed E-state index contributed by atoms with van der Waals surface area (Å²) in [5.74, 6) is 0.167. The number of rotatable bonds is 2. The van der Waals surface area contributed by atoms with Crippen molar-refractivity contribution >= 4 is 27.5 Å². The third-order valence-electron chi connectivity index (χ3n) is 2.69. The van der Waals surface area contributed by atoms with Crippen LogP contribution in [-0.4, -0.2) is 9.97 Å². The fourth-order valence-electron chi connectivity index (χ4n) is 1.88. The second kappa shape index (κ2) is 4.27. The topological polar surface area (TPSA) is 71.8 Å². The number of nitrogen functional groups attached to an aromatic ring is 1. The van der Waals surface area contributed by atoms with Crippen molar-refractivity contribution in [1.29, 1.82) is 0 Å². The third-order valence-corrected chi connectivity index (χ3v) is 3.72. The van der Waals surface area contributed by atoms with E-state index < -0.39 is 0 Å². The predicted molar refractivity (Wildman–Crippen MR) is 73.9 cm³/mol. The molecular formula is C13H11N3OS. The van der Waals surface area contributed by atoms with Gasteiger partial charge in [-0.2, -0.15) is 0 Å². The minimum absolute atomic E-state index is 0.167. The van der Waals surface area contributed by atoms with Crippen LogP contribution in [-0.2, 0) is 6.42 Å². The first-order valence-electron chi connectivity index (χ1n) is 5.54. The Morgan fingerprint density at radius 3 is 2.83 bits per heavy atom. The molecule has 2 heterocycles. The molecule has 3 N–H and O–H groups in total. The molecule has 18 heavy (non-hydrogen) atoms. The first kappa shape index (κ1) is 11.0.